The van der Waals surface area contributed by atoms with Gasteiger partial charge in [-0.1, -0.05) is 30.7 Å². The summed E-state index contributed by atoms with van der Waals surface area (Å²) in [5.41, 5.74) is 1.36. The van der Waals surface area contributed by atoms with Crippen molar-refractivity contribution in [1.29, 1.82) is 0 Å². The Bertz CT molecular complexity index is 576. The van der Waals surface area contributed by atoms with Crippen molar-refractivity contribution in [3.8, 4) is 5.75 Å². The third kappa shape index (κ3) is 2.59. The topological polar surface area (TPSA) is 29.5 Å². The van der Waals surface area contributed by atoms with Crippen LogP contribution in [0.25, 0.3) is 10.8 Å². The lowest BCUT2D eigenvalue weighted by atomic mass is 9.82. The number of benzene rings is 2. The minimum absolute atomic E-state index is 0.120. The zero-order chi connectivity index (χ0) is 13.2. The number of fused-ring (bicyclic) bond motifs is 1. The fourth-order valence-electron chi connectivity index (χ4n) is 3.09. The normalized spacial score (nSPS) is 23.5. The first-order chi connectivity index (χ1) is 9.26. The average Bonchev–Trinajstić information content (AvgIpc) is 2.46. The van der Waals surface area contributed by atoms with Crippen molar-refractivity contribution in [2.45, 2.75) is 37.7 Å². The summed E-state index contributed by atoms with van der Waals surface area (Å²) in [6, 6.07) is 12.8. The summed E-state index contributed by atoms with van der Waals surface area (Å²) in [7, 11) is 1.69. The van der Waals surface area contributed by atoms with E-state index in [1.54, 1.807) is 7.11 Å². The zero-order valence-electron chi connectivity index (χ0n) is 11.3. The Morgan fingerprint density at radius 1 is 1.05 bits per heavy atom. The van der Waals surface area contributed by atoms with Crippen LogP contribution in [0.1, 0.15) is 37.2 Å². The molecule has 2 aromatic carbocycles. The van der Waals surface area contributed by atoms with Crippen LogP contribution >= 0.6 is 0 Å². The van der Waals surface area contributed by atoms with Crippen molar-refractivity contribution in [3.63, 3.8) is 0 Å². The molecule has 0 unspecified atom stereocenters. The molecule has 0 radical (unpaired) electrons. The molecule has 0 aromatic heterocycles. The molecular formula is C17H20O2. The van der Waals surface area contributed by atoms with E-state index in [0.29, 0.717) is 5.92 Å². The Kier molecular flexibility index (Phi) is 3.43. The van der Waals surface area contributed by atoms with Crippen LogP contribution in [0.15, 0.2) is 36.4 Å². The van der Waals surface area contributed by atoms with E-state index in [-0.39, 0.29) is 6.10 Å². The Hall–Kier alpha value is -1.54. The summed E-state index contributed by atoms with van der Waals surface area (Å²) in [6.07, 6.45) is 4.07. The molecule has 0 spiro atoms. The second-order valence-electron chi connectivity index (χ2n) is 5.49. The molecule has 1 aliphatic rings. The van der Waals surface area contributed by atoms with Gasteiger partial charge in [0.1, 0.15) is 5.75 Å². The van der Waals surface area contributed by atoms with Crippen LogP contribution in [-0.4, -0.2) is 18.3 Å². The highest BCUT2D eigenvalue weighted by molar-refractivity contribution is 5.84. The van der Waals surface area contributed by atoms with Crippen LogP contribution in [0, 0.1) is 0 Å². The van der Waals surface area contributed by atoms with Crippen molar-refractivity contribution in [2.75, 3.05) is 7.11 Å². The maximum Gasteiger partial charge on any atom is 0.119 e. The third-order valence-electron chi connectivity index (χ3n) is 4.19. The number of aliphatic hydroxyl groups excluding tert-OH is 1. The van der Waals surface area contributed by atoms with Crippen molar-refractivity contribution >= 4 is 10.8 Å². The second kappa shape index (κ2) is 5.22. The molecule has 1 saturated carbocycles. The van der Waals surface area contributed by atoms with Gasteiger partial charge in [0.25, 0.3) is 0 Å². The molecule has 19 heavy (non-hydrogen) atoms. The lowest BCUT2D eigenvalue weighted by Gasteiger charge is -2.26. The molecular weight excluding hydrogens is 236 g/mol. The number of methoxy groups -OCH3 is 1. The predicted octanol–water partition coefficient (Wildman–Crippen LogP) is 3.87. The van der Waals surface area contributed by atoms with Gasteiger partial charge >= 0.3 is 0 Å². The molecule has 1 aliphatic carbocycles. The van der Waals surface area contributed by atoms with E-state index in [9.17, 15) is 5.11 Å². The van der Waals surface area contributed by atoms with Crippen LogP contribution in [0.5, 0.6) is 5.75 Å². The highest BCUT2D eigenvalue weighted by Crippen LogP contribution is 2.34. The van der Waals surface area contributed by atoms with E-state index in [1.807, 2.05) is 6.07 Å². The molecule has 0 bridgehead atoms. The molecule has 2 atom stereocenters. The van der Waals surface area contributed by atoms with Gasteiger partial charge < -0.3 is 9.84 Å². The van der Waals surface area contributed by atoms with E-state index in [0.717, 1.165) is 25.0 Å². The minimum Gasteiger partial charge on any atom is -0.497 e. The quantitative estimate of drug-likeness (QED) is 0.884. The van der Waals surface area contributed by atoms with Crippen LogP contribution in [-0.2, 0) is 0 Å². The number of aliphatic hydroxyl groups is 1. The highest BCUT2D eigenvalue weighted by atomic mass is 16.5. The number of rotatable bonds is 2. The predicted molar refractivity (Wildman–Crippen MR) is 77.7 cm³/mol. The zero-order valence-corrected chi connectivity index (χ0v) is 11.3. The van der Waals surface area contributed by atoms with Crippen molar-refractivity contribution in [1.82, 2.24) is 0 Å². The van der Waals surface area contributed by atoms with Gasteiger partial charge in [-0.15, -0.1) is 0 Å². The molecule has 2 aromatic rings. The van der Waals surface area contributed by atoms with Gasteiger partial charge in [-0.05, 0) is 53.6 Å². The number of hydrogen-bond donors (Lipinski definition) is 1. The lowest BCUT2D eigenvalue weighted by Crippen LogP contribution is -2.18. The van der Waals surface area contributed by atoms with Crippen LogP contribution in [0.3, 0.4) is 0 Å². The first-order valence-corrected chi connectivity index (χ1v) is 7.02. The molecule has 2 heteroatoms. The van der Waals surface area contributed by atoms with E-state index < -0.39 is 0 Å². The third-order valence-corrected chi connectivity index (χ3v) is 4.19. The van der Waals surface area contributed by atoms with Gasteiger partial charge in [0, 0.05) is 0 Å². The number of hydrogen-bond acceptors (Lipinski definition) is 2. The van der Waals surface area contributed by atoms with Gasteiger partial charge in [-0.3, -0.25) is 0 Å². The lowest BCUT2D eigenvalue weighted by molar-refractivity contribution is 0.119. The van der Waals surface area contributed by atoms with Crippen LogP contribution in [0.2, 0.25) is 0 Å². The van der Waals surface area contributed by atoms with E-state index in [4.69, 9.17) is 4.74 Å². The molecule has 0 heterocycles. The minimum atomic E-state index is -0.120. The fraction of sp³-hybridized carbons (Fsp3) is 0.412. The molecule has 0 aliphatic heterocycles. The first-order valence-electron chi connectivity index (χ1n) is 7.02. The highest BCUT2D eigenvalue weighted by Gasteiger charge is 2.21. The molecule has 0 saturated heterocycles. The van der Waals surface area contributed by atoms with E-state index >= 15 is 0 Å². The summed E-state index contributed by atoms with van der Waals surface area (Å²) in [5, 5.41) is 12.3. The van der Waals surface area contributed by atoms with Crippen LogP contribution < -0.4 is 4.74 Å². The summed E-state index contributed by atoms with van der Waals surface area (Å²) in [5.74, 6) is 1.41. The van der Waals surface area contributed by atoms with Crippen molar-refractivity contribution < 1.29 is 9.84 Å². The maximum absolute atomic E-state index is 9.81. The van der Waals surface area contributed by atoms with Crippen LogP contribution in [0.4, 0.5) is 0 Å². The summed E-state index contributed by atoms with van der Waals surface area (Å²) in [6.45, 7) is 0. The molecule has 2 nitrogen and oxygen atoms in total. The largest absolute Gasteiger partial charge is 0.497 e. The van der Waals surface area contributed by atoms with Gasteiger partial charge in [-0.2, -0.15) is 0 Å². The van der Waals surface area contributed by atoms with Gasteiger partial charge in [-0.25, -0.2) is 0 Å². The average molecular weight is 256 g/mol. The smallest absolute Gasteiger partial charge is 0.119 e. The summed E-state index contributed by atoms with van der Waals surface area (Å²) in [4.78, 5) is 0. The van der Waals surface area contributed by atoms with Gasteiger partial charge in [0.15, 0.2) is 0 Å². The molecule has 0 amide bonds. The molecule has 3 rings (SSSR count). The molecule has 1 N–H and O–H groups in total. The van der Waals surface area contributed by atoms with Crippen molar-refractivity contribution in [2.24, 2.45) is 0 Å². The SMILES string of the molecule is COc1ccc2cc([C@@H]3CCC[C@@H](O)C3)ccc2c1. The fourth-order valence-corrected chi connectivity index (χ4v) is 3.09. The van der Waals surface area contributed by atoms with Gasteiger partial charge in [0.05, 0.1) is 13.2 Å². The summed E-state index contributed by atoms with van der Waals surface area (Å²) >= 11 is 0. The Balaban J connectivity index is 1.93. The van der Waals surface area contributed by atoms with Gasteiger partial charge in [0.2, 0.25) is 0 Å². The first kappa shape index (κ1) is 12.5. The molecule has 100 valence electrons. The van der Waals surface area contributed by atoms with Crippen molar-refractivity contribution in [3.05, 3.63) is 42.0 Å². The maximum atomic E-state index is 9.81. The standard InChI is InChI=1S/C17H20O2/c1-19-17-8-7-14-9-13(5-6-15(14)11-17)12-3-2-4-16(18)10-12/h5-9,11-12,16,18H,2-4,10H2,1H3/t12-,16-/m1/s1. The Labute approximate surface area is 114 Å². The summed E-state index contributed by atoms with van der Waals surface area (Å²) < 4.78 is 5.25. The monoisotopic (exact) mass is 256 g/mol. The number of ether oxygens (including phenoxy) is 1. The second-order valence-corrected chi connectivity index (χ2v) is 5.49. The molecule has 1 fully saturated rings. The van der Waals surface area contributed by atoms with E-state index in [1.165, 1.54) is 22.8 Å². The Morgan fingerprint density at radius 3 is 2.63 bits per heavy atom. The van der Waals surface area contributed by atoms with E-state index in [2.05, 4.69) is 30.3 Å². The Morgan fingerprint density at radius 2 is 1.84 bits per heavy atom.